The number of thiazole rings is 1. The Morgan fingerprint density at radius 1 is 0.493 bits per heavy atom. The average molecular weight is 1920 g/mol. The summed E-state index contributed by atoms with van der Waals surface area (Å²) in [6.45, 7) is 30.5. The monoisotopic (exact) mass is 1920 g/mol. The van der Waals surface area contributed by atoms with Crippen molar-refractivity contribution in [1.29, 1.82) is 0 Å². The Morgan fingerprint density at radius 2 is 0.978 bits per heavy atom. The van der Waals surface area contributed by atoms with Crippen LogP contribution in [0.1, 0.15) is 227 Å². The van der Waals surface area contributed by atoms with E-state index in [1.807, 2.05) is 135 Å². The van der Waals surface area contributed by atoms with Gasteiger partial charge in [0.1, 0.15) is 35.3 Å². The number of amides is 6. The van der Waals surface area contributed by atoms with Crippen LogP contribution >= 0.6 is 11.3 Å². The summed E-state index contributed by atoms with van der Waals surface area (Å²) in [6, 6.07) is 44.8. The number of nitrogens with zero attached hydrogens (tertiary/aromatic N) is 26. The van der Waals surface area contributed by atoms with Gasteiger partial charge in [0, 0.05) is 72.0 Å². The van der Waals surface area contributed by atoms with Crippen molar-refractivity contribution in [1.82, 2.24) is 126 Å². The molecule has 6 amide bonds. The fraction of sp³-hybridized carbons (Fsp3) is 0.337. The molecule has 722 valence electrons. The zero-order chi connectivity index (χ0) is 99.8. The molecule has 8 aromatic heterocycles. The summed E-state index contributed by atoms with van der Waals surface area (Å²) in [5.41, 5.74) is 10.1. The molecule has 0 radical (unpaired) electrons. The van der Waals surface area contributed by atoms with E-state index in [9.17, 15) is 46.8 Å². The molecule has 5 N–H and O–H groups in total. The molecule has 0 bridgehead atoms. The van der Waals surface area contributed by atoms with Gasteiger partial charge in [0.15, 0.2) is 10.8 Å². The minimum atomic E-state index is -3.55. The number of sulfone groups is 1. The Balaban J connectivity index is 0.000000156. The number of anilines is 2. The molecule has 11 heterocycles. The number of hydrogen-bond donors (Lipinski definition) is 5. The third-order valence-electron chi connectivity index (χ3n) is 20.2. The van der Waals surface area contributed by atoms with E-state index in [-0.39, 0.29) is 102 Å². The number of hydroxylamine groups is 2. The molecule has 14 aromatic rings. The summed E-state index contributed by atoms with van der Waals surface area (Å²) in [5.74, 6) is -2.45. The number of hydrogen-bond acceptors (Lipinski definition) is 31. The zero-order valence-corrected chi connectivity index (χ0v) is 80.6. The summed E-state index contributed by atoms with van der Waals surface area (Å²) in [7, 11) is -0.287. The van der Waals surface area contributed by atoms with Crippen LogP contribution in [0.15, 0.2) is 203 Å². The highest BCUT2D eigenvalue weighted by atomic mass is 32.2. The average Bonchev–Trinajstić information content (AvgIpc) is 1.58. The Hall–Kier alpha value is -16.0. The van der Waals surface area contributed by atoms with Crippen molar-refractivity contribution in [2.45, 2.75) is 195 Å². The van der Waals surface area contributed by atoms with E-state index in [1.54, 1.807) is 138 Å². The first kappa shape index (κ1) is 103. The van der Waals surface area contributed by atoms with Gasteiger partial charge in [-0.1, -0.05) is 132 Å². The van der Waals surface area contributed by atoms with Gasteiger partial charge in [0.05, 0.1) is 126 Å². The Kier molecular flexibility index (Phi) is 35.1. The first-order valence-corrected chi connectivity index (χ1v) is 46.0. The maximum atomic E-state index is 12.2. The van der Waals surface area contributed by atoms with Crippen molar-refractivity contribution in [2.75, 3.05) is 31.1 Å². The van der Waals surface area contributed by atoms with Gasteiger partial charge in [-0.15, -0.1) is 40.8 Å². The van der Waals surface area contributed by atoms with Crippen LogP contribution < -0.4 is 30.4 Å². The summed E-state index contributed by atoms with van der Waals surface area (Å²) in [4.78, 5) is 108. The molecule has 17 rings (SSSR count). The number of carboxylic acid groups (broad SMARTS) is 2. The molecular formula is C92H107N29O15S2. The van der Waals surface area contributed by atoms with Gasteiger partial charge >= 0.3 is 11.9 Å². The number of aromatic nitrogens is 22. The second-order valence-electron chi connectivity index (χ2n) is 33.1. The summed E-state index contributed by atoms with van der Waals surface area (Å²) in [6.07, 6.45) is 11.0. The van der Waals surface area contributed by atoms with E-state index in [0.717, 1.165) is 59.6 Å². The maximum absolute atomic E-state index is 12.2. The number of ether oxygens (including phenoxy) is 2. The van der Waals surface area contributed by atoms with Crippen LogP contribution in [-0.4, -0.2) is 213 Å². The second-order valence-corrected chi connectivity index (χ2v) is 36.0. The Morgan fingerprint density at radius 3 is 1.49 bits per heavy atom. The number of fused-ring (bicyclic) bond motifs is 3. The van der Waals surface area contributed by atoms with Gasteiger partial charge in [-0.05, 0) is 176 Å². The number of carboxylic acids is 2. The molecule has 0 atom stereocenters. The number of methoxy groups -OCH3 is 2. The van der Waals surface area contributed by atoms with Crippen molar-refractivity contribution in [3.63, 3.8) is 0 Å². The van der Waals surface area contributed by atoms with Crippen LogP contribution in [0, 0.1) is 6.92 Å². The van der Waals surface area contributed by atoms with Crippen molar-refractivity contribution < 1.29 is 71.3 Å². The first-order chi connectivity index (χ1) is 65.8. The summed E-state index contributed by atoms with van der Waals surface area (Å²) < 4.78 is 47.0. The SMILES string of the molecule is CC(C)n1cc(CC(=O)NC2=NN(c3ccccc3)C(=O)C2)nn1.CC(C)n1cc(CON2C(=O)c3ccccc3C2=O)nn1.CC(C)n1cc(S(=O)(=O)c2ccccc2)nn1.CC(C)n1nnc(C(=O)O)c1C(=O)O.COc1ccc2c(c1)C(CNC(=O)Cc1cn(C(C)C)nn1)=NC2.COc1ccc2nc(NC(=O)Cc3cn(C(C)C)nn3)sc2c1.Cc1ccc(-c2cn(C(C)C)nn2)cc1. The van der Waals surface area contributed by atoms with Gasteiger partial charge in [-0.2, -0.15) is 10.1 Å². The number of aryl methyl sites for hydroxylation is 1. The molecule has 44 nitrogen and oxygen atoms in total. The molecule has 3 aliphatic rings. The molecule has 0 saturated carbocycles. The minimum absolute atomic E-state index is 0.0121. The lowest BCUT2D eigenvalue weighted by Gasteiger charge is -2.11. The van der Waals surface area contributed by atoms with Crippen LogP contribution in [0.25, 0.3) is 21.5 Å². The van der Waals surface area contributed by atoms with E-state index >= 15 is 0 Å². The smallest absolute Gasteiger partial charge is 0.359 e. The van der Waals surface area contributed by atoms with Crippen molar-refractivity contribution in [3.8, 4) is 22.8 Å². The quantitative estimate of drug-likeness (QED) is 0.0299. The highest BCUT2D eigenvalue weighted by Gasteiger charge is 2.37. The summed E-state index contributed by atoms with van der Waals surface area (Å²) >= 11 is 1.41. The largest absolute Gasteiger partial charge is 0.497 e. The number of nitrogens with one attached hydrogen (secondary N) is 3. The van der Waals surface area contributed by atoms with Crippen molar-refractivity contribution in [2.24, 2.45) is 10.1 Å². The standard InChI is InChI=1S/C17H21N5O2.C16H18N6O2.C15H17N5O2S.C14H14N4O3.C12H15N3.C11H13N3O2S.C7H9N3O4/c1-11(2)22-10-13(20-21-22)6-17(23)19-9-16-15-7-14(24-3)5-4-12(15)8-18-16;1-11(2)21-10-12(18-20-21)8-15(23)17-14-9-16(24)22(19-14)13-6-4-3-5-7-13;1-9(2)20-8-10(18-19-20)6-14(21)17-15-16-12-5-4-11(22-3)7-13(12)23-15;1-9(2)17-7-10(15-16-17)8-21-18-13(19)11-5-3-4-6-12(11)14(18)20;1-9(2)15-8-12(13-14-15)11-6-4-10(3)5-7-11;1-9(2)14-8-11(12-13-14)17(15,16)10-6-4-3-5-7-10;1-3(2)10-5(7(13)14)4(6(11)12)8-9-10/h4-5,7,10-11H,6,8-9H2,1-3H3,(H,19,23);3-7,10-11H,8-9H2,1-2H3,(H,17,19,23);4-5,7-9H,6H2,1-3H3,(H,16,17,21);3-7,9H,8H2,1-2H3;4-9H,1-3H3;3-9H,1-2H3;3H,1-2H3,(H,11,12)(H,13,14). The molecule has 3 aliphatic heterocycles. The fourth-order valence-corrected chi connectivity index (χ4v) is 14.8. The number of imide groups is 1. The minimum Gasteiger partial charge on any atom is -0.497 e. The van der Waals surface area contributed by atoms with Crippen molar-refractivity contribution in [3.05, 3.63) is 245 Å². The first-order valence-electron chi connectivity index (χ1n) is 43.7. The predicted molar refractivity (Wildman–Crippen MR) is 507 cm³/mol. The topological polar surface area (TPSA) is 534 Å². The highest BCUT2D eigenvalue weighted by Crippen LogP contribution is 2.31. The number of amidine groups is 1. The van der Waals surface area contributed by atoms with Crippen LogP contribution in [-0.2, 0) is 66.3 Å². The molecular weight excluding hydrogens is 1820 g/mol. The van der Waals surface area contributed by atoms with Crippen LogP contribution in [0.5, 0.6) is 11.5 Å². The molecule has 138 heavy (non-hydrogen) atoms. The molecule has 0 fully saturated rings. The van der Waals surface area contributed by atoms with Gasteiger partial charge in [-0.3, -0.25) is 38.6 Å². The number of aliphatic imine (C=N–C) groups is 1. The van der Waals surface area contributed by atoms with E-state index < -0.39 is 45.0 Å². The third-order valence-corrected chi connectivity index (χ3v) is 22.8. The zero-order valence-electron chi connectivity index (χ0n) is 79.0. The number of hydrazone groups is 1. The van der Waals surface area contributed by atoms with Crippen molar-refractivity contribution >= 4 is 101 Å². The van der Waals surface area contributed by atoms with E-state index in [2.05, 4.69) is 148 Å². The van der Waals surface area contributed by atoms with Gasteiger partial charge in [0.25, 0.3) is 17.7 Å². The van der Waals surface area contributed by atoms with E-state index in [0.29, 0.717) is 69.7 Å². The van der Waals surface area contributed by atoms with Gasteiger partial charge in [0.2, 0.25) is 38.3 Å². The van der Waals surface area contributed by atoms with Crippen LogP contribution in [0.4, 0.5) is 10.8 Å². The third kappa shape index (κ3) is 27.4. The molecule has 0 saturated heterocycles. The number of carbonyl (C=O) groups is 8. The number of aromatic carboxylic acids is 2. The lowest BCUT2D eigenvalue weighted by Crippen LogP contribution is -2.31. The number of rotatable bonds is 27. The van der Waals surface area contributed by atoms with Gasteiger partial charge in [-0.25, -0.2) is 55.8 Å². The van der Waals surface area contributed by atoms with Crippen LogP contribution in [0.2, 0.25) is 0 Å². The number of carbonyl (C=O) groups excluding carboxylic acids is 6. The van der Waals surface area contributed by atoms with E-state index in [1.165, 1.54) is 32.8 Å². The second kappa shape index (κ2) is 47.3. The maximum Gasteiger partial charge on any atom is 0.359 e. The molecule has 46 heteroatoms. The fourth-order valence-electron chi connectivity index (χ4n) is 12.7. The normalized spacial score (nSPS) is 12.4. The predicted octanol–water partition coefficient (Wildman–Crippen LogP) is 11.8. The number of benzene rings is 6. The lowest BCUT2D eigenvalue weighted by molar-refractivity contribution is -0.120. The van der Waals surface area contributed by atoms with Gasteiger partial charge < -0.3 is 35.6 Å². The highest BCUT2D eigenvalue weighted by molar-refractivity contribution is 7.91. The lowest BCUT2D eigenvalue weighted by atomic mass is 10.1. The Bertz CT molecular complexity index is 6730. The Labute approximate surface area is 797 Å². The molecule has 0 spiro atoms. The van der Waals surface area contributed by atoms with Crippen LogP contribution in [0.3, 0.4) is 0 Å². The molecule has 6 aromatic carbocycles. The number of para-hydroxylation sites is 1. The van der Waals surface area contributed by atoms with E-state index in [4.69, 9.17) is 24.5 Å². The molecule has 0 unspecified atom stereocenters. The molecule has 0 aliphatic carbocycles. The summed E-state index contributed by atoms with van der Waals surface area (Å²) in [5, 5.41) is 86.9.